The van der Waals surface area contributed by atoms with Gasteiger partial charge in [-0.1, -0.05) is 29.8 Å². The van der Waals surface area contributed by atoms with E-state index in [1.54, 1.807) is 12.1 Å². The molecule has 1 heterocycles. The quantitative estimate of drug-likeness (QED) is 0.761. The molecule has 5 nitrogen and oxygen atoms in total. The van der Waals surface area contributed by atoms with E-state index in [2.05, 4.69) is 15.5 Å². The molecule has 2 N–H and O–H groups in total. The van der Waals surface area contributed by atoms with Crippen LogP contribution in [0.2, 0.25) is 5.02 Å². The van der Waals surface area contributed by atoms with Crippen molar-refractivity contribution in [3.05, 3.63) is 58.7 Å². The zero-order valence-electron chi connectivity index (χ0n) is 10.7. The van der Waals surface area contributed by atoms with Crippen LogP contribution in [0.4, 0.5) is 5.69 Å². The normalized spacial score (nSPS) is 10.3. The van der Waals surface area contributed by atoms with Crippen LogP contribution < -0.4 is 5.32 Å². The number of carbonyl (C=O) groups excluding carboxylic acids is 1. The van der Waals surface area contributed by atoms with Gasteiger partial charge in [0.2, 0.25) is 0 Å². The Morgan fingerprint density at radius 3 is 2.90 bits per heavy atom. The molecule has 0 aliphatic heterocycles. The van der Waals surface area contributed by atoms with Crippen LogP contribution in [-0.4, -0.2) is 16.1 Å². The maximum Gasteiger partial charge on any atom is 0.276 e. The Labute approximate surface area is 125 Å². The Hall–Kier alpha value is -2.84. The standard InChI is InChI=1S/C15H9ClN4O/c16-12-6-5-10(7-9(12)8-17)18-15(21)14-11-3-1-2-4-13(11)19-20-14/h1-7H,(H,18,21)(H,19,20). The van der Waals surface area contributed by atoms with Crippen molar-refractivity contribution >= 4 is 34.1 Å². The minimum atomic E-state index is -0.348. The van der Waals surface area contributed by atoms with E-state index < -0.39 is 0 Å². The van der Waals surface area contributed by atoms with Gasteiger partial charge in [-0.2, -0.15) is 10.4 Å². The van der Waals surface area contributed by atoms with Crippen molar-refractivity contribution < 1.29 is 4.79 Å². The molecular weight excluding hydrogens is 288 g/mol. The molecule has 102 valence electrons. The lowest BCUT2D eigenvalue weighted by Gasteiger charge is -2.04. The van der Waals surface area contributed by atoms with Gasteiger partial charge in [-0.3, -0.25) is 9.89 Å². The number of nitrogens with zero attached hydrogens (tertiary/aromatic N) is 2. The molecule has 0 aliphatic carbocycles. The Kier molecular flexibility index (Phi) is 3.30. The van der Waals surface area contributed by atoms with E-state index in [0.717, 1.165) is 10.9 Å². The maximum atomic E-state index is 12.3. The summed E-state index contributed by atoms with van der Waals surface area (Å²) < 4.78 is 0. The summed E-state index contributed by atoms with van der Waals surface area (Å²) in [5.74, 6) is -0.348. The highest BCUT2D eigenvalue weighted by Crippen LogP contribution is 2.21. The Morgan fingerprint density at radius 2 is 2.10 bits per heavy atom. The molecule has 3 rings (SSSR count). The van der Waals surface area contributed by atoms with Crippen molar-refractivity contribution in [1.29, 1.82) is 5.26 Å². The third-order valence-electron chi connectivity index (χ3n) is 3.03. The first-order valence-corrected chi connectivity index (χ1v) is 6.51. The number of hydrogen-bond acceptors (Lipinski definition) is 3. The van der Waals surface area contributed by atoms with E-state index >= 15 is 0 Å². The summed E-state index contributed by atoms with van der Waals surface area (Å²) in [5.41, 5.74) is 1.89. The predicted molar refractivity (Wildman–Crippen MR) is 80.2 cm³/mol. The van der Waals surface area contributed by atoms with Crippen molar-refractivity contribution in [3.8, 4) is 6.07 Å². The molecule has 1 amide bonds. The number of aromatic nitrogens is 2. The van der Waals surface area contributed by atoms with Gasteiger partial charge in [-0.05, 0) is 24.3 Å². The van der Waals surface area contributed by atoms with Gasteiger partial charge in [0, 0.05) is 11.1 Å². The van der Waals surface area contributed by atoms with Crippen molar-refractivity contribution in [2.45, 2.75) is 0 Å². The smallest absolute Gasteiger partial charge is 0.276 e. The third-order valence-corrected chi connectivity index (χ3v) is 3.36. The minimum absolute atomic E-state index is 0.305. The zero-order chi connectivity index (χ0) is 14.8. The van der Waals surface area contributed by atoms with Crippen LogP contribution in [0.25, 0.3) is 10.9 Å². The van der Waals surface area contributed by atoms with Crippen LogP contribution in [0.1, 0.15) is 16.1 Å². The molecule has 0 saturated carbocycles. The molecule has 6 heteroatoms. The van der Waals surface area contributed by atoms with Crippen LogP contribution in [0.5, 0.6) is 0 Å². The van der Waals surface area contributed by atoms with Crippen molar-refractivity contribution in [2.24, 2.45) is 0 Å². The van der Waals surface area contributed by atoms with Crippen LogP contribution in [0, 0.1) is 11.3 Å². The maximum absolute atomic E-state index is 12.3. The number of benzene rings is 2. The van der Waals surface area contributed by atoms with Gasteiger partial charge >= 0.3 is 0 Å². The van der Waals surface area contributed by atoms with Gasteiger partial charge in [0.25, 0.3) is 5.91 Å². The zero-order valence-corrected chi connectivity index (χ0v) is 11.5. The van der Waals surface area contributed by atoms with Gasteiger partial charge in [-0.25, -0.2) is 0 Å². The molecule has 0 bridgehead atoms. The largest absolute Gasteiger partial charge is 0.321 e. The second kappa shape index (κ2) is 5.27. The second-order valence-electron chi connectivity index (χ2n) is 4.38. The Morgan fingerprint density at radius 1 is 1.29 bits per heavy atom. The van der Waals surface area contributed by atoms with E-state index in [1.165, 1.54) is 6.07 Å². The molecule has 2 aromatic carbocycles. The molecule has 1 aromatic heterocycles. The molecule has 0 saturated heterocycles. The second-order valence-corrected chi connectivity index (χ2v) is 4.79. The van der Waals surface area contributed by atoms with E-state index in [0.29, 0.717) is 22.0 Å². The van der Waals surface area contributed by atoms with E-state index in [1.807, 2.05) is 30.3 Å². The summed E-state index contributed by atoms with van der Waals surface area (Å²) in [5, 5.41) is 19.6. The number of para-hydroxylation sites is 1. The lowest BCUT2D eigenvalue weighted by molar-refractivity contribution is 0.102. The highest BCUT2D eigenvalue weighted by molar-refractivity contribution is 6.31. The number of fused-ring (bicyclic) bond motifs is 1. The Balaban J connectivity index is 1.92. The predicted octanol–water partition coefficient (Wildman–Crippen LogP) is 3.34. The minimum Gasteiger partial charge on any atom is -0.321 e. The van der Waals surface area contributed by atoms with E-state index in [4.69, 9.17) is 16.9 Å². The molecule has 0 spiro atoms. The van der Waals surface area contributed by atoms with E-state index in [-0.39, 0.29) is 5.91 Å². The SMILES string of the molecule is N#Cc1cc(NC(=O)c2n[nH]c3ccccc23)ccc1Cl. The number of H-pyrrole nitrogens is 1. The van der Waals surface area contributed by atoms with Crippen LogP contribution in [-0.2, 0) is 0 Å². The van der Waals surface area contributed by atoms with Crippen LogP contribution >= 0.6 is 11.6 Å². The summed E-state index contributed by atoms with van der Waals surface area (Å²) in [6.07, 6.45) is 0. The van der Waals surface area contributed by atoms with Crippen molar-refractivity contribution in [2.75, 3.05) is 5.32 Å². The molecule has 0 radical (unpaired) electrons. The average molecular weight is 297 g/mol. The molecule has 0 fully saturated rings. The lowest BCUT2D eigenvalue weighted by atomic mass is 10.2. The molecule has 21 heavy (non-hydrogen) atoms. The number of nitrogens with one attached hydrogen (secondary N) is 2. The highest BCUT2D eigenvalue weighted by atomic mass is 35.5. The van der Waals surface area contributed by atoms with Gasteiger partial charge in [0.15, 0.2) is 5.69 Å². The summed E-state index contributed by atoms with van der Waals surface area (Å²) in [7, 11) is 0. The van der Waals surface area contributed by atoms with Gasteiger partial charge in [-0.15, -0.1) is 0 Å². The molecule has 3 aromatic rings. The van der Waals surface area contributed by atoms with E-state index in [9.17, 15) is 4.79 Å². The fourth-order valence-electron chi connectivity index (χ4n) is 2.02. The average Bonchev–Trinajstić information content (AvgIpc) is 2.93. The van der Waals surface area contributed by atoms with Gasteiger partial charge in [0.05, 0.1) is 16.1 Å². The summed E-state index contributed by atoms with van der Waals surface area (Å²) in [4.78, 5) is 12.3. The highest BCUT2D eigenvalue weighted by Gasteiger charge is 2.14. The number of aromatic amines is 1. The van der Waals surface area contributed by atoms with Gasteiger partial charge < -0.3 is 5.32 Å². The Bertz CT molecular complexity index is 879. The molecule has 0 unspecified atom stereocenters. The van der Waals surface area contributed by atoms with Crippen LogP contribution in [0.15, 0.2) is 42.5 Å². The number of hydrogen-bond donors (Lipinski definition) is 2. The number of rotatable bonds is 2. The first kappa shape index (κ1) is 13.2. The van der Waals surface area contributed by atoms with Gasteiger partial charge in [0.1, 0.15) is 6.07 Å². The monoisotopic (exact) mass is 296 g/mol. The fraction of sp³-hybridized carbons (Fsp3) is 0. The first-order valence-electron chi connectivity index (χ1n) is 6.13. The molecular formula is C15H9ClN4O. The van der Waals surface area contributed by atoms with Crippen molar-refractivity contribution in [1.82, 2.24) is 10.2 Å². The number of anilines is 1. The number of nitriles is 1. The lowest BCUT2D eigenvalue weighted by Crippen LogP contribution is -2.12. The molecule has 0 atom stereocenters. The van der Waals surface area contributed by atoms with Crippen LogP contribution in [0.3, 0.4) is 0 Å². The summed E-state index contributed by atoms with van der Waals surface area (Å²) in [6.45, 7) is 0. The third kappa shape index (κ3) is 2.45. The number of halogens is 1. The fourth-order valence-corrected chi connectivity index (χ4v) is 2.18. The number of carbonyl (C=O) groups is 1. The number of amides is 1. The summed E-state index contributed by atoms with van der Waals surface area (Å²) in [6, 6.07) is 14.1. The molecule has 0 aliphatic rings. The summed E-state index contributed by atoms with van der Waals surface area (Å²) >= 11 is 5.86. The van der Waals surface area contributed by atoms with Crippen molar-refractivity contribution in [3.63, 3.8) is 0 Å². The topological polar surface area (TPSA) is 81.6 Å². The first-order chi connectivity index (χ1) is 10.2.